The molecule has 0 aliphatic heterocycles. The van der Waals surface area contributed by atoms with E-state index in [2.05, 4.69) is 13.8 Å². The Labute approximate surface area is 140 Å². The first-order valence-electron chi connectivity index (χ1n) is 8.43. The topological polar surface area (TPSA) is 63.6 Å². The number of rotatable bonds is 11. The second-order valence-corrected chi connectivity index (χ2v) is 5.68. The number of carboxylic acid groups (broad SMARTS) is 1. The van der Waals surface area contributed by atoms with Gasteiger partial charge in [-0.2, -0.15) is 0 Å². The normalized spacial score (nSPS) is 10.3. The van der Waals surface area contributed by atoms with E-state index >= 15 is 0 Å². The number of carbonyl (C=O) groups is 2. The monoisotopic (exact) mass is 336 g/mol. The summed E-state index contributed by atoms with van der Waals surface area (Å²) in [6.07, 6.45) is 7.43. The summed E-state index contributed by atoms with van der Waals surface area (Å²) in [5, 5.41) is 8.64. The molecule has 22 heavy (non-hydrogen) atoms. The van der Waals surface area contributed by atoms with E-state index in [1.807, 2.05) is 13.8 Å². The van der Waals surface area contributed by atoms with Crippen molar-refractivity contribution in [1.29, 1.82) is 0 Å². The maximum absolute atomic E-state index is 11.2. The van der Waals surface area contributed by atoms with Crippen LogP contribution in [0.5, 0.6) is 0 Å². The van der Waals surface area contributed by atoms with Crippen LogP contribution in [0.4, 0.5) is 0 Å². The average Bonchev–Trinajstić information content (AvgIpc) is 2.47. The lowest BCUT2D eigenvalue weighted by Crippen LogP contribution is -2.16. The van der Waals surface area contributed by atoms with Gasteiger partial charge in [0.05, 0.1) is 11.8 Å². The molecule has 0 atom stereocenters. The Balaban J connectivity index is 0. The number of esters is 1. The molecule has 0 bridgehead atoms. The number of alkyl halides is 1. The lowest BCUT2D eigenvalue weighted by atomic mass is 9.99. The quantitative estimate of drug-likeness (QED) is 0.414. The molecule has 0 aromatic rings. The van der Waals surface area contributed by atoms with Crippen molar-refractivity contribution >= 4 is 23.5 Å². The smallest absolute Gasteiger partial charge is 0.310 e. The van der Waals surface area contributed by atoms with Crippen molar-refractivity contribution in [2.24, 2.45) is 11.8 Å². The molecule has 0 amide bonds. The molecule has 0 heterocycles. The van der Waals surface area contributed by atoms with Crippen molar-refractivity contribution in [2.45, 2.75) is 79.1 Å². The van der Waals surface area contributed by atoms with Crippen molar-refractivity contribution in [1.82, 2.24) is 0 Å². The zero-order chi connectivity index (χ0) is 17.4. The van der Waals surface area contributed by atoms with Crippen LogP contribution in [0, 0.1) is 11.8 Å². The number of hydrogen-bond donors (Lipinski definition) is 1. The maximum atomic E-state index is 11.2. The number of aliphatic carboxylic acids is 1. The molecule has 0 saturated heterocycles. The van der Waals surface area contributed by atoms with Gasteiger partial charge >= 0.3 is 11.9 Å². The SMILES string of the molecule is CCCC(CCC)C(=O)O.CCCC(CCC)C(=O)OCCl. The van der Waals surface area contributed by atoms with Crippen molar-refractivity contribution < 1.29 is 19.4 Å². The Morgan fingerprint density at radius 3 is 1.50 bits per heavy atom. The van der Waals surface area contributed by atoms with Gasteiger partial charge in [-0.25, -0.2) is 0 Å². The van der Waals surface area contributed by atoms with Crippen LogP contribution in [0.3, 0.4) is 0 Å². The standard InChI is InChI=1S/C9H17ClO2.C8H16O2/c1-3-5-8(6-4-2)9(11)12-7-10;1-3-5-7(6-4-2)8(9)10/h8H,3-7H2,1-2H3;7H,3-6H2,1-2H3,(H,9,10). The predicted octanol–water partition coefficient (Wildman–Crippen LogP) is 5.23. The minimum atomic E-state index is -0.635. The van der Waals surface area contributed by atoms with E-state index in [9.17, 15) is 9.59 Å². The summed E-state index contributed by atoms with van der Waals surface area (Å²) in [7, 11) is 0. The Kier molecular flexibility index (Phi) is 17.7. The minimum absolute atomic E-state index is 0.0250. The van der Waals surface area contributed by atoms with Gasteiger partial charge in [0.2, 0.25) is 0 Å². The minimum Gasteiger partial charge on any atom is -0.481 e. The molecule has 0 aliphatic rings. The molecule has 0 radical (unpaired) electrons. The number of halogens is 1. The Hall–Kier alpha value is -0.770. The summed E-state index contributed by atoms with van der Waals surface area (Å²) in [6.45, 7) is 8.17. The van der Waals surface area contributed by atoms with Gasteiger partial charge in [0.1, 0.15) is 0 Å². The second-order valence-electron chi connectivity index (χ2n) is 5.46. The van der Waals surface area contributed by atoms with Crippen LogP contribution in [0.15, 0.2) is 0 Å². The largest absolute Gasteiger partial charge is 0.481 e. The highest BCUT2D eigenvalue weighted by Crippen LogP contribution is 2.15. The van der Waals surface area contributed by atoms with Crippen LogP contribution in [0.2, 0.25) is 0 Å². The number of hydrogen-bond acceptors (Lipinski definition) is 3. The van der Waals surface area contributed by atoms with Crippen LogP contribution in [0.25, 0.3) is 0 Å². The number of carbonyl (C=O) groups excluding carboxylic acids is 1. The Bertz CT molecular complexity index is 270. The lowest BCUT2D eigenvalue weighted by molar-refractivity contribution is -0.147. The lowest BCUT2D eigenvalue weighted by Gasteiger charge is -2.12. The maximum Gasteiger partial charge on any atom is 0.310 e. The zero-order valence-electron chi connectivity index (χ0n) is 14.6. The van der Waals surface area contributed by atoms with E-state index < -0.39 is 5.97 Å². The Morgan fingerprint density at radius 1 is 0.864 bits per heavy atom. The fraction of sp³-hybridized carbons (Fsp3) is 0.882. The van der Waals surface area contributed by atoms with Crippen LogP contribution in [-0.2, 0) is 14.3 Å². The van der Waals surface area contributed by atoms with E-state index in [1.54, 1.807) is 0 Å². The highest BCUT2D eigenvalue weighted by molar-refractivity contribution is 6.17. The van der Waals surface area contributed by atoms with Crippen LogP contribution in [0.1, 0.15) is 79.1 Å². The van der Waals surface area contributed by atoms with Gasteiger partial charge in [-0.15, -0.1) is 0 Å². The van der Waals surface area contributed by atoms with E-state index in [0.29, 0.717) is 0 Å². The van der Waals surface area contributed by atoms with Crippen LogP contribution >= 0.6 is 11.6 Å². The molecular formula is C17H33ClO4. The third kappa shape index (κ3) is 12.9. The first kappa shape index (κ1) is 23.5. The molecule has 1 N–H and O–H groups in total. The molecule has 0 saturated carbocycles. The molecule has 0 unspecified atom stereocenters. The van der Waals surface area contributed by atoms with Gasteiger partial charge < -0.3 is 9.84 Å². The highest BCUT2D eigenvalue weighted by Gasteiger charge is 2.17. The molecular weight excluding hydrogens is 304 g/mol. The zero-order valence-corrected chi connectivity index (χ0v) is 15.3. The molecule has 0 rings (SSSR count). The van der Waals surface area contributed by atoms with Gasteiger partial charge in [-0.1, -0.05) is 65.0 Å². The predicted molar refractivity (Wildman–Crippen MR) is 91.1 cm³/mol. The molecule has 0 aromatic carbocycles. The van der Waals surface area contributed by atoms with Gasteiger partial charge in [0.25, 0.3) is 0 Å². The van der Waals surface area contributed by atoms with Crippen molar-refractivity contribution in [3.05, 3.63) is 0 Å². The highest BCUT2D eigenvalue weighted by atomic mass is 35.5. The van der Waals surface area contributed by atoms with E-state index in [-0.39, 0.29) is 23.9 Å². The summed E-state index contributed by atoms with van der Waals surface area (Å²) in [5.41, 5.74) is 0. The summed E-state index contributed by atoms with van der Waals surface area (Å²) in [4.78, 5) is 21.7. The van der Waals surface area contributed by atoms with Crippen molar-refractivity contribution in [3.63, 3.8) is 0 Å². The third-order valence-corrected chi connectivity index (χ3v) is 3.54. The first-order chi connectivity index (χ1) is 10.5. The molecule has 132 valence electrons. The molecule has 0 spiro atoms. The van der Waals surface area contributed by atoms with Gasteiger partial charge in [0.15, 0.2) is 6.07 Å². The van der Waals surface area contributed by atoms with Gasteiger partial charge in [-0.05, 0) is 25.7 Å². The molecule has 0 aromatic heterocycles. The molecule has 0 aliphatic carbocycles. The van der Waals surface area contributed by atoms with E-state index in [0.717, 1.165) is 51.4 Å². The number of carboxylic acids is 1. The molecule has 4 nitrogen and oxygen atoms in total. The van der Waals surface area contributed by atoms with Crippen LogP contribution < -0.4 is 0 Å². The van der Waals surface area contributed by atoms with Crippen LogP contribution in [-0.4, -0.2) is 23.1 Å². The van der Waals surface area contributed by atoms with Gasteiger partial charge in [-0.3, -0.25) is 9.59 Å². The van der Waals surface area contributed by atoms with Crippen molar-refractivity contribution in [3.8, 4) is 0 Å². The summed E-state index contributed by atoms with van der Waals surface area (Å²) in [6, 6.07) is -0.0250. The summed E-state index contributed by atoms with van der Waals surface area (Å²) < 4.78 is 4.74. The fourth-order valence-corrected chi connectivity index (χ4v) is 2.44. The summed E-state index contributed by atoms with van der Waals surface area (Å²) in [5.74, 6) is -0.828. The third-order valence-electron chi connectivity index (χ3n) is 3.43. The number of ether oxygens (including phenoxy) is 1. The summed E-state index contributed by atoms with van der Waals surface area (Å²) >= 11 is 5.30. The van der Waals surface area contributed by atoms with Gasteiger partial charge in [0, 0.05) is 0 Å². The Morgan fingerprint density at radius 2 is 1.23 bits per heavy atom. The van der Waals surface area contributed by atoms with E-state index in [1.165, 1.54) is 0 Å². The average molecular weight is 337 g/mol. The second kappa shape index (κ2) is 16.6. The van der Waals surface area contributed by atoms with E-state index in [4.69, 9.17) is 21.4 Å². The first-order valence-corrected chi connectivity index (χ1v) is 8.97. The molecule has 0 fully saturated rings. The fourth-order valence-electron chi connectivity index (χ4n) is 2.34. The van der Waals surface area contributed by atoms with Crippen molar-refractivity contribution in [2.75, 3.05) is 6.07 Å². The molecule has 5 heteroatoms.